The zero-order valence-electron chi connectivity index (χ0n) is 81.6. The molecule has 0 aliphatic rings. The van der Waals surface area contributed by atoms with Crippen molar-refractivity contribution in [2.24, 2.45) is 0 Å². The number of aromatic nitrogens is 12. The first-order chi connectivity index (χ1) is 65.1. The van der Waals surface area contributed by atoms with Crippen LogP contribution in [0.2, 0.25) is 0 Å². The summed E-state index contributed by atoms with van der Waals surface area (Å²) in [5.74, 6) is 5.70. The van der Waals surface area contributed by atoms with E-state index in [1.54, 1.807) is 12.1 Å². The van der Waals surface area contributed by atoms with Gasteiger partial charge in [0.15, 0.2) is 0 Å². The van der Waals surface area contributed by atoms with Gasteiger partial charge >= 0.3 is 21.1 Å². The van der Waals surface area contributed by atoms with Crippen molar-refractivity contribution < 1.29 is 35.6 Å². The van der Waals surface area contributed by atoms with Gasteiger partial charge in [-0.25, -0.2) is 24.3 Å². The number of nitrogens with zero attached hydrogens (tertiary/aromatic N) is 12. The number of fused-ring (bicyclic) bond motifs is 9. The van der Waals surface area contributed by atoms with E-state index in [0.717, 1.165) is 123 Å². The number of phenolic OH excluding ortho intramolecular Hbond substituents is 1. The molecule has 0 unspecified atom stereocenters. The van der Waals surface area contributed by atoms with Gasteiger partial charge in [0.05, 0.1) is 50.5 Å². The van der Waals surface area contributed by atoms with Gasteiger partial charge in [-0.1, -0.05) is 226 Å². The molecule has 1 N–H and O–H groups in total. The number of hydrogen-bond donors (Lipinski definition) is 1. The van der Waals surface area contributed by atoms with Crippen molar-refractivity contribution in [2.45, 2.75) is 176 Å². The Kier molecular flexibility index (Phi) is 28.6. The van der Waals surface area contributed by atoms with Crippen molar-refractivity contribution in [3.8, 4) is 96.6 Å². The van der Waals surface area contributed by atoms with E-state index in [9.17, 15) is 5.11 Å². The third kappa shape index (κ3) is 19.6. The average molecular weight is 2080 g/mol. The second-order valence-electron chi connectivity index (χ2n) is 38.7. The van der Waals surface area contributed by atoms with Crippen LogP contribution in [0.5, 0.6) is 28.7 Å². The summed E-state index contributed by atoms with van der Waals surface area (Å²) in [4.78, 5) is 14.3. The summed E-state index contributed by atoms with van der Waals surface area (Å²) in [6.07, 6.45) is 5.71. The van der Waals surface area contributed by atoms with Gasteiger partial charge in [-0.05, 0) is 280 Å². The summed E-state index contributed by atoms with van der Waals surface area (Å²) in [6, 6.07) is 103. The first-order valence-electron chi connectivity index (χ1n) is 46.4. The van der Waals surface area contributed by atoms with Gasteiger partial charge in [-0.15, -0.1) is 35.7 Å². The average Bonchev–Trinajstić information content (AvgIpc) is 1.59. The molecule has 0 saturated carbocycles. The number of para-hydroxylation sites is 3. The van der Waals surface area contributed by atoms with E-state index in [0.29, 0.717) is 11.5 Å². The summed E-state index contributed by atoms with van der Waals surface area (Å²) in [5.41, 5.74) is 34.1. The van der Waals surface area contributed by atoms with Crippen LogP contribution < -0.4 is 9.47 Å². The van der Waals surface area contributed by atoms with E-state index in [2.05, 4.69) is 403 Å². The molecule has 17 heteroatoms. The van der Waals surface area contributed by atoms with Gasteiger partial charge in [0.1, 0.15) is 34.7 Å². The third-order valence-electron chi connectivity index (χ3n) is 26.0. The Morgan fingerprint density at radius 3 is 1.12 bits per heavy atom. The number of hydrogen-bond acceptors (Lipinski definition) is 9. The van der Waals surface area contributed by atoms with Crippen LogP contribution in [0, 0.1) is 95.2 Å². The Labute approximate surface area is 840 Å². The maximum Gasteiger partial charge on any atom is 2.00 e. The Morgan fingerprint density at radius 2 is 0.662 bits per heavy atom. The van der Waals surface area contributed by atoms with Crippen molar-refractivity contribution in [2.75, 3.05) is 0 Å². The van der Waals surface area contributed by atoms with Crippen LogP contribution in [-0.4, -0.2) is 63.1 Å². The molecule has 0 saturated heterocycles. The third-order valence-corrected chi connectivity index (χ3v) is 26.5. The molecule has 12 aromatic carbocycles. The van der Waals surface area contributed by atoms with Crippen molar-refractivity contribution >= 4 is 81.3 Å². The van der Waals surface area contributed by atoms with Crippen LogP contribution in [0.25, 0.3) is 133 Å². The molecule has 21 aromatic rings. The fourth-order valence-electron chi connectivity index (χ4n) is 19.2. The van der Waals surface area contributed by atoms with Crippen LogP contribution >= 0.6 is 15.9 Å². The number of pyridine rings is 3. The van der Waals surface area contributed by atoms with Gasteiger partial charge in [0.25, 0.3) is 0 Å². The summed E-state index contributed by atoms with van der Waals surface area (Å²) < 4.78 is 26.6. The molecule has 0 amide bonds. The number of aromatic hydroxyl groups is 1. The van der Waals surface area contributed by atoms with Gasteiger partial charge < -0.3 is 19.1 Å². The van der Waals surface area contributed by atoms with Gasteiger partial charge in [-0.3, -0.25) is 13.8 Å². The number of ether oxygens (including phenoxy) is 2. The molecule has 139 heavy (non-hydrogen) atoms. The predicted octanol–water partition coefficient (Wildman–Crippen LogP) is 32.3. The Balaban J connectivity index is 0.000000146. The minimum atomic E-state index is 0. The number of halogens is 1. The van der Waals surface area contributed by atoms with Crippen LogP contribution in [0.4, 0.5) is 0 Å². The van der Waals surface area contributed by atoms with Gasteiger partial charge in [0, 0.05) is 114 Å². The van der Waals surface area contributed by atoms with Crippen LogP contribution in [0.1, 0.15) is 161 Å². The standard InChI is InChI=1S/C40H38N4O.C40H36N4O.C21H19BrN2.C19H20N2O.2CH4.Pt/c2*1-25-12-10-13-26(2)38(25)39-27(3)42-44(28(39)4)30-14-11-15-31(23-30)45-32-18-19-34-33-16-8-9-17-35(33)43(36(34)24-32)37-22-29(20-21-41-37)40(5,6)7;1-21(2,3)14-10-11-23-20(12-14)24-18-7-5-4-6-16(18)17-9-8-15(22)13-19(17)24;1-12-7-5-8-13(2)18(12)19-14(3)20-21(15(19)4)16-9-6-10-17(22)11-16;;;/h8-24H,1-7H3;8-22H,1-7H3;4-13H,1-3H3;5-11,22H,1-4H3;2*1H4;/q;-2;;;;;+2. The Bertz CT molecular complexity index is 7820. The maximum atomic E-state index is 9.71. The SMILES string of the molecule is C.C.CC(C)(C)c1ccnc(-n2c3ccccc3c3ccc(Br)cc32)c1.Cc1cccc(C)c1-c1c(C)nn(-c2[c-]c(Oc3[c-]c4c(cc3)c3ccccc3n4-c3cc(C(C)(C)C)ccn3)ccc2)c1C.Cc1cccc(C)c1-c1c(C)nn(-c2cccc(O)c2)c1C.Cc1cccc(C)c1-c1c(C)nn(-c2cccc(Oc3ccc4c5ccccc5n(-c5cc(C(C)(C)C)ccn5)c4c3)c2)c1C.[Pt+2]. The fourth-order valence-corrected chi connectivity index (χ4v) is 19.5. The van der Waals surface area contributed by atoms with E-state index in [1.165, 1.54) is 111 Å². The molecule has 0 bridgehead atoms. The molecular formula is C122H121BrN12O3Pt. The van der Waals surface area contributed by atoms with Crippen molar-refractivity contribution in [3.05, 3.63) is 398 Å². The van der Waals surface area contributed by atoms with E-state index in [4.69, 9.17) is 29.6 Å². The molecule has 0 aliphatic carbocycles. The van der Waals surface area contributed by atoms with Crippen LogP contribution in [-0.2, 0) is 37.3 Å². The Hall–Kier alpha value is -14.3. The molecule has 704 valence electrons. The largest absolute Gasteiger partial charge is 2.00 e. The quantitative estimate of drug-likeness (QED) is 0.112. The topological polar surface area (TPSA) is 146 Å². The smallest absolute Gasteiger partial charge is 0.509 e. The van der Waals surface area contributed by atoms with E-state index in [1.807, 2.05) is 94.2 Å². The minimum Gasteiger partial charge on any atom is -0.509 e. The molecule has 0 fully saturated rings. The number of aryl methyl sites for hydroxylation is 9. The molecule has 0 aliphatic heterocycles. The molecule has 0 radical (unpaired) electrons. The molecule has 15 nitrogen and oxygen atoms in total. The van der Waals surface area contributed by atoms with E-state index < -0.39 is 0 Å². The van der Waals surface area contributed by atoms with Crippen LogP contribution in [0.15, 0.2) is 302 Å². The van der Waals surface area contributed by atoms with Gasteiger partial charge in [-0.2, -0.15) is 27.4 Å². The second-order valence-corrected chi connectivity index (χ2v) is 39.7. The molecule has 0 atom stereocenters. The van der Waals surface area contributed by atoms with Gasteiger partial charge in [0.2, 0.25) is 0 Å². The number of phenols is 1. The number of benzene rings is 12. The van der Waals surface area contributed by atoms with Crippen molar-refractivity contribution in [1.29, 1.82) is 0 Å². The molecular weight excluding hydrogens is 1960 g/mol. The summed E-state index contributed by atoms with van der Waals surface area (Å²) in [7, 11) is 0. The summed E-state index contributed by atoms with van der Waals surface area (Å²) in [5, 5.41) is 31.4. The monoisotopic (exact) mass is 2080 g/mol. The normalized spacial score (nSPS) is 11.5. The fraction of sp³-hybridized carbons (Fsp3) is 0.213. The number of rotatable bonds is 13. The van der Waals surface area contributed by atoms with Crippen molar-refractivity contribution in [3.63, 3.8) is 0 Å². The second kappa shape index (κ2) is 40.0. The molecule has 0 spiro atoms. The summed E-state index contributed by atoms with van der Waals surface area (Å²) >= 11 is 3.61. The first-order valence-corrected chi connectivity index (χ1v) is 47.2. The van der Waals surface area contributed by atoms with Crippen molar-refractivity contribution in [1.82, 2.24) is 58.0 Å². The van der Waals surface area contributed by atoms with E-state index in [-0.39, 0.29) is 57.9 Å². The predicted molar refractivity (Wildman–Crippen MR) is 576 cm³/mol. The first kappa shape index (κ1) is 99.2. The van der Waals surface area contributed by atoms with E-state index >= 15 is 0 Å². The molecule has 9 heterocycles. The zero-order chi connectivity index (χ0) is 95.7. The summed E-state index contributed by atoms with van der Waals surface area (Å²) in [6.45, 7) is 45.5. The molecule has 21 rings (SSSR count). The Morgan fingerprint density at radius 1 is 0.302 bits per heavy atom. The van der Waals surface area contributed by atoms with Crippen LogP contribution in [0.3, 0.4) is 0 Å². The zero-order valence-corrected chi connectivity index (χ0v) is 85.5. The maximum absolute atomic E-state index is 9.71. The minimum absolute atomic E-state index is 0. The molecule has 9 aromatic heterocycles.